The SMILES string of the molecule is COc1ccc(Cl)cc1-c1nc(SCC(=O)N(C)C2CCC(C)CC2)n[nH]1. The summed E-state index contributed by atoms with van der Waals surface area (Å²) in [6.07, 6.45) is 4.57. The van der Waals surface area contributed by atoms with Crippen LogP contribution in [0.15, 0.2) is 23.4 Å². The maximum atomic E-state index is 12.5. The molecule has 0 radical (unpaired) electrons. The number of hydrogen-bond acceptors (Lipinski definition) is 5. The first-order valence-electron chi connectivity index (χ1n) is 9.12. The summed E-state index contributed by atoms with van der Waals surface area (Å²) < 4.78 is 5.35. The molecule has 0 atom stereocenters. The molecule has 1 fully saturated rings. The molecule has 6 nitrogen and oxygen atoms in total. The van der Waals surface area contributed by atoms with Gasteiger partial charge in [0, 0.05) is 18.1 Å². The van der Waals surface area contributed by atoms with E-state index in [0.29, 0.717) is 33.5 Å². The first-order chi connectivity index (χ1) is 13.0. The van der Waals surface area contributed by atoms with Crippen molar-refractivity contribution in [1.82, 2.24) is 20.1 Å². The van der Waals surface area contributed by atoms with E-state index in [1.165, 1.54) is 24.6 Å². The molecule has 0 bridgehead atoms. The lowest BCUT2D eigenvalue weighted by Gasteiger charge is -2.33. The normalized spacial score (nSPS) is 19.7. The highest BCUT2D eigenvalue weighted by Crippen LogP contribution is 2.31. The Bertz CT molecular complexity index is 790. The number of benzene rings is 1. The van der Waals surface area contributed by atoms with Crippen molar-refractivity contribution in [2.75, 3.05) is 19.9 Å². The summed E-state index contributed by atoms with van der Waals surface area (Å²) in [5, 5.41) is 8.23. The van der Waals surface area contributed by atoms with Crippen molar-refractivity contribution >= 4 is 29.3 Å². The third-order valence-corrected chi connectivity index (χ3v) is 6.20. The van der Waals surface area contributed by atoms with Crippen LogP contribution in [0.1, 0.15) is 32.6 Å². The summed E-state index contributed by atoms with van der Waals surface area (Å²) in [5.41, 5.74) is 0.740. The number of nitrogens with zero attached hydrogens (tertiary/aromatic N) is 3. The zero-order valence-electron chi connectivity index (χ0n) is 15.9. The van der Waals surface area contributed by atoms with Crippen LogP contribution < -0.4 is 4.74 Å². The number of H-pyrrole nitrogens is 1. The number of carbonyl (C=O) groups excluding carboxylic acids is 1. The van der Waals surface area contributed by atoms with Gasteiger partial charge in [-0.05, 0) is 49.8 Å². The van der Waals surface area contributed by atoms with Crippen LogP contribution in [-0.4, -0.2) is 51.9 Å². The molecule has 1 heterocycles. The summed E-state index contributed by atoms with van der Waals surface area (Å²) in [6.45, 7) is 2.28. The van der Waals surface area contributed by atoms with E-state index in [4.69, 9.17) is 16.3 Å². The van der Waals surface area contributed by atoms with Crippen LogP contribution in [-0.2, 0) is 4.79 Å². The van der Waals surface area contributed by atoms with Crippen LogP contribution >= 0.6 is 23.4 Å². The van der Waals surface area contributed by atoms with Gasteiger partial charge in [0.05, 0.1) is 18.4 Å². The maximum Gasteiger partial charge on any atom is 0.233 e. The van der Waals surface area contributed by atoms with Crippen LogP contribution in [0, 0.1) is 5.92 Å². The Morgan fingerprint density at radius 3 is 2.81 bits per heavy atom. The standard InChI is InChI=1S/C19H25ClN4O2S/c1-12-4-7-14(8-5-12)24(2)17(25)11-27-19-21-18(22-23-19)15-10-13(20)6-9-16(15)26-3/h6,9-10,12,14H,4-5,7-8,11H2,1-3H3,(H,21,22,23). The molecular weight excluding hydrogens is 384 g/mol. The van der Waals surface area contributed by atoms with Gasteiger partial charge in [-0.15, -0.1) is 5.10 Å². The lowest BCUT2D eigenvalue weighted by molar-refractivity contribution is -0.129. The summed E-state index contributed by atoms with van der Waals surface area (Å²) >= 11 is 7.41. The van der Waals surface area contributed by atoms with E-state index in [1.807, 2.05) is 11.9 Å². The number of aromatic amines is 1. The first-order valence-corrected chi connectivity index (χ1v) is 10.5. The fourth-order valence-corrected chi connectivity index (χ4v) is 4.25. The number of hydrogen-bond donors (Lipinski definition) is 1. The van der Waals surface area contributed by atoms with E-state index in [2.05, 4.69) is 22.1 Å². The van der Waals surface area contributed by atoms with Gasteiger partial charge in [0.1, 0.15) is 5.75 Å². The number of ether oxygens (including phenoxy) is 1. The highest BCUT2D eigenvalue weighted by molar-refractivity contribution is 7.99. The monoisotopic (exact) mass is 408 g/mol. The molecule has 0 unspecified atom stereocenters. The van der Waals surface area contributed by atoms with Crippen molar-refractivity contribution in [3.8, 4) is 17.1 Å². The molecule has 0 saturated heterocycles. The summed E-state index contributed by atoms with van der Waals surface area (Å²) in [5.74, 6) is 2.45. The highest BCUT2D eigenvalue weighted by Gasteiger charge is 2.25. The van der Waals surface area contributed by atoms with Gasteiger partial charge >= 0.3 is 0 Å². The second-order valence-electron chi connectivity index (χ2n) is 7.02. The molecule has 1 aliphatic rings. The Labute approximate surface area is 169 Å². The second-order valence-corrected chi connectivity index (χ2v) is 8.40. The number of aromatic nitrogens is 3. The minimum Gasteiger partial charge on any atom is -0.496 e. The number of thioether (sulfide) groups is 1. The van der Waals surface area contributed by atoms with Gasteiger partial charge in [0.15, 0.2) is 5.82 Å². The van der Waals surface area contributed by atoms with E-state index in [1.54, 1.807) is 25.3 Å². The number of carbonyl (C=O) groups is 1. The van der Waals surface area contributed by atoms with Gasteiger partial charge in [-0.2, -0.15) is 0 Å². The number of amides is 1. The van der Waals surface area contributed by atoms with Gasteiger partial charge < -0.3 is 9.64 Å². The Balaban J connectivity index is 1.60. The Hall–Kier alpha value is -1.73. The molecule has 1 aromatic carbocycles. The molecular formula is C19H25ClN4O2S. The second kappa shape index (κ2) is 8.97. The van der Waals surface area contributed by atoms with E-state index >= 15 is 0 Å². The van der Waals surface area contributed by atoms with E-state index < -0.39 is 0 Å². The average Bonchev–Trinajstić information content (AvgIpc) is 3.15. The first kappa shape index (κ1) is 20.0. The van der Waals surface area contributed by atoms with Crippen molar-refractivity contribution in [3.63, 3.8) is 0 Å². The molecule has 1 aromatic heterocycles. The minimum absolute atomic E-state index is 0.117. The zero-order chi connectivity index (χ0) is 19.4. The van der Waals surface area contributed by atoms with Crippen LogP contribution in [0.5, 0.6) is 5.75 Å². The molecule has 0 spiro atoms. The molecule has 2 aromatic rings. The van der Waals surface area contributed by atoms with Gasteiger partial charge in [-0.25, -0.2) is 4.98 Å². The lowest BCUT2D eigenvalue weighted by Crippen LogP contribution is -2.40. The quantitative estimate of drug-likeness (QED) is 0.723. The van der Waals surface area contributed by atoms with E-state index in [0.717, 1.165) is 24.3 Å². The third-order valence-electron chi connectivity index (χ3n) is 5.13. The Morgan fingerprint density at radius 2 is 2.11 bits per heavy atom. The summed E-state index contributed by atoms with van der Waals surface area (Å²) in [6, 6.07) is 5.68. The van der Waals surface area contributed by atoms with Crippen molar-refractivity contribution < 1.29 is 9.53 Å². The maximum absolute atomic E-state index is 12.5. The van der Waals surface area contributed by atoms with Crippen LogP contribution in [0.3, 0.4) is 0 Å². The lowest BCUT2D eigenvalue weighted by atomic mass is 9.87. The molecule has 1 saturated carbocycles. The van der Waals surface area contributed by atoms with Crippen LogP contribution in [0.25, 0.3) is 11.4 Å². The molecule has 146 valence electrons. The highest BCUT2D eigenvalue weighted by atomic mass is 35.5. The molecule has 1 amide bonds. The molecule has 3 rings (SSSR count). The van der Waals surface area contributed by atoms with E-state index in [9.17, 15) is 4.79 Å². The summed E-state index contributed by atoms with van der Waals surface area (Å²) in [7, 11) is 3.50. The minimum atomic E-state index is 0.117. The van der Waals surface area contributed by atoms with Crippen molar-refractivity contribution in [3.05, 3.63) is 23.2 Å². The number of halogens is 1. The third kappa shape index (κ3) is 4.96. The number of nitrogens with one attached hydrogen (secondary N) is 1. The van der Waals surface area contributed by atoms with Crippen LogP contribution in [0.2, 0.25) is 5.02 Å². The topological polar surface area (TPSA) is 71.1 Å². The molecule has 1 aliphatic carbocycles. The number of rotatable bonds is 6. The molecule has 0 aliphatic heterocycles. The predicted molar refractivity (Wildman–Crippen MR) is 108 cm³/mol. The fraction of sp³-hybridized carbons (Fsp3) is 0.526. The van der Waals surface area contributed by atoms with Gasteiger partial charge in [-0.3, -0.25) is 9.89 Å². The van der Waals surface area contributed by atoms with Gasteiger partial charge in [0.25, 0.3) is 0 Å². The number of methoxy groups -OCH3 is 1. The van der Waals surface area contributed by atoms with Crippen molar-refractivity contribution in [2.24, 2.45) is 5.92 Å². The molecule has 8 heteroatoms. The van der Waals surface area contributed by atoms with Gasteiger partial charge in [-0.1, -0.05) is 30.3 Å². The average molecular weight is 409 g/mol. The van der Waals surface area contributed by atoms with E-state index in [-0.39, 0.29) is 5.91 Å². The summed E-state index contributed by atoms with van der Waals surface area (Å²) in [4.78, 5) is 18.9. The zero-order valence-corrected chi connectivity index (χ0v) is 17.4. The Kier molecular flexibility index (Phi) is 6.65. The smallest absolute Gasteiger partial charge is 0.233 e. The van der Waals surface area contributed by atoms with Crippen LogP contribution in [0.4, 0.5) is 0 Å². The largest absolute Gasteiger partial charge is 0.496 e. The molecule has 1 N–H and O–H groups in total. The predicted octanol–water partition coefficient (Wildman–Crippen LogP) is 4.26. The molecule has 27 heavy (non-hydrogen) atoms. The van der Waals surface area contributed by atoms with Crippen molar-refractivity contribution in [1.29, 1.82) is 0 Å². The Morgan fingerprint density at radius 1 is 1.37 bits per heavy atom. The van der Waals surface area contributed by atoms with Gasteiger partial charge in [0.2, 0.25) is 11.1 Å². The fourth-order valence-electron chi connectivity index (χ4n) is 3.36. The van der Waals surface area contributed by atoms with Crippen molar-refractivity contribution in [2.45, 2.75) is 43.8 Å².